The first kappa shape index (κ1) is 19.5. The Kier molecular flexibility index (Phi) is 4.85. The van der Waals surface area contributed by atoms with Crippen molar-refractivity contribution in [3.05, 3.63) is 59.2 Å². The second-order valence-corrected chi connectivity index (χ2v) is 8.42. The summed E-state index contributed by atoms with van der Waals surface area (Å²) >= 11 is 0. The van der Waals surface area contributed by atoms with Gasteiger partial charge in [0.1, 0.15) is 17.1 Å². The molecule has 1 fully saturated rings. The van der Waals surface area contributed by atoms with E-state index in [9.17, 15) is 9.59 Å². The molecule has 27 heavy (non-hydrogen) atoms. The van der Waals surface area contributed by atoms with Crippen molar-refractivity contribution in [2.24, 2.45) is 0 Å². The molecule has 1 heterocycles. The first-order valence-corrected chi connectivity index (χ1v) is 9.55. The van der Waals surface area contributed by atoms with Crippen molar-refractivity contribution in [1.29, 1.82) is 0 Å². The fraction of sp³-hybridized carbons (Fsp3) is 0.417. The van der Waals surface area contributed by atoms with Crippen molar-refractivity contribution in [3.63, 3.8) is 0 Å². The van der Waals surface area contributed by atoms with Crippen LogP contribution in [0.4, 0.5) is 0 Å². The third kappa shape index (κ3) is 3.49. The van der Waals surface area contributed by atoms with E-state index >= 15 is 0 Å². The van der Waals surface area contributed by atoms with Gasteiger partial charge in [0.25, 0.3) is 0 Å². The van der Waals surface area contributed by atoms with Gasteiger partial charge in [-0.1, -0.05) is 55.0 Å². The van der Waals surface area contributed by atoms with Crippen LogP contribution >= 0.6 is 0 Å². The van der Waals surface area contributed by atoms with E-state index in [0.717, 1.165) is 28.7 Å². The number of hydrogen-bond donors (Lipinski definition) is 0. The van der Waals surface area contributed by atoms with Crippen LogP contribution in [-0.2, 0) is 20.7 Å². The third-order valence-electron chi connectivity index (χ3n) is 5.44. The second-order valence-electron chi connectivity index (χ2n) is 8.42. The lowest BCUT2D eigenvalue weighted by atomic mass is 9.73. The minimum atomic E-state index is -0.983. The highest BCUT2D eigenvalue weighted by Gasteiger charge is 2.53. The van der Waals surface area contributed by atoms with Crippen LogP contribution in [0.25, 0.3) is 11.1 Å². The third-order valence-corrected chi connectivity index (χ3v) is 5.44. The van der Waals surface area contributed by atoms with Gasteiger partial charge in [-0.15, -0.1) is 0 Å². The van der Waals surface area contributed by atoms with Crippen molar-refractivity contribution in [1.82, 2.24) is 0 Å². The van der Waals surface area contributed by atoms with Crippen LogP contribution in [0.5, 0.6) is 0 Å². The molecule has 0 bridgehead atoms. The largest absolute Gasteiger partial charge is 0.354 e. The van der Waals surface area contributed by atoms with Crippen molar-refractivity contribution in [2.75, 3.05) is 0 Å². The molecule has 0 aliphatic carbocycles. The van der Waals surface area contributed by atoms with Crippen molar-refractivity contribution in [2.45, 2.75) is 65.1 Å². The molecule has 0 aromatic heterocycles. The van der Waals surface area contributed by atoms with E-state index in [1.54, 1.807) is 27.7 Å². The van der Waals surface area contributed by atoms with Gasteiger partial charge in [0.05, 0.1) is 0 Å². The van der Waals surface area contributed by atoms with E-state index in [4.69, 9.17) is 4.74 Å². The van der Waals surface area contributed by atoms with E-state index in [-0.39, 0.29) is 11.6 Å². The van der Waals surface area contributed by atoms with Crippen molar-refractivity contribution >= 4 is 11.6 Å². The Bertz CT molecular complexity index is 862. The molecule has 3 heteroatoms. The highest BCUT2D eigenvalue weighted by atomic mass is 16.5. The fourth-order valence-corrected chi connectivity index (χ4v) is 3.95. The normalized spacial score (nSPS) is 19.3. The molecule has 1 aliphatic rings. The van der Waals surface area contributed by atoms with Crippen LogP contribution in [0.3, 0.4) is 0 Å². The molecule has 0 saturated carbocycles. The van der Waals surface area contributed by atoms with Gasteiger partial charge in [-0.2, -0.15) is 0 Å². The summed E-state index contributed by atoms with van der Waals surface area (Å²) < 4.78 is 5.82. The van der Waals surface area contributed by atoms with E-state index in [0.29, 0.717) is 0 Å². The molecule has 1 saturated heterocycles. The zero-order valence-electron chi connectivity index (χ0n) is 17.1. The van der Waals surface area contributed by atoms with E-state index in [2.05, 4.69) is 44.2 Å². The molecule has 142 valence electrons. The molecule has 0 amide bonds. The maximum absolute atomic E-state index is 13.1. The van der Waals surface area contributed by atoms with E-state index in [1.807, 2.05) is 12.1 Å². The van der Waals surface area contributed by atoms with Crippen molar-refractivity contribution in [3.8, 4) is 11.1 Å². The SMILES string of the molecule is CCc1cc(-c2ccc(C)cc2)ccc1C1C(=O)C(C)(C)OC(C)(C)C1=O. The minimum absolute atomic E-state index is 0.162. The molecule has 3 nitrogen and oxygen atoms in total. The van der Waals surface area contributed by atoms with Gasteiger partial charge in [0, 0.05) is 0 Å². The molecule has 2 aromatic carbocycles. The zero-order chi connectivity index (χ0) is 20.0. The molecule has 0 radical (unpaired) electrons. The van der Waals surface area contributed by atoms with Gasteiger partial charge < -0.3 is 4.74 Å². The zero-order valence-corrected chi connectivity index (χ0v) is 17.1. The monoisotopic (exact) mass is 364 g/mol. The van der Waals surface area contributed by atoms with Crippen LogP contribution in [-0.4, -0.2) is 22.8 Å². The Morgan fingerprint density at radius 3 is 1.89 bits per heavy atom. The smallest absolute Gasteiger partial charge is 0.179 e. The summed E-state index contributed by atoms with van der Waals surface area (Å²) in [6, 6.07) is 14.4. The highest BCUT2D eigenvalue weighted by molar-refractivity contribution is 6.15. The Morgan fingerprint density at radius 1 is 0.852 bits per heavy atom. The summed E-state index contributed by atoms with van der Waals surface area (Å²) in [5, 5.41) is 0. The maximum atomic E-state index is 13.1. The van der Waals surface area contributed by atoms with Gasteiger partial charge in [-0.25, -0.2) is 0 Å². The van der Waals surface area contributed by atoms with Gasteiger partial charge in [-0.3, -0.25) is 9.59 Å². The molecule has 0 spiro atoms. The standard InChI is InChI=1S/C24H28O3/c1-7-16-14-18(17-10-8-15(2)9-11-17)12-13-19(16)20-21(25)23(3,4)27-24(5,6)22(20)26/h8-14,20H,7H2,1-6H3. The number of ether oxygens (including phenoxy) is 1. The van der Waals surface area contributed by atoms with Gasteiger partial charge in [-0.05, 0) is 63.3 Å². The Hall–Kier alpha value is -2.26. The van der Waals surface area contributed by atoms with E-state index in [1.165, 1.54) is 5.56 Å². The molecule has 0 unspecified atom stereocenters. The van der Waals surface area contributed by atoms with E-state index < -0.39 is 17.1 Å². The maximum Gasteiger partial charge on any atom is 0.179 e. The summed E-state index contributed by atoms with van der Waals surface area (Å²) in [6.07, 6.45) is 0.758. The summed E-state index contributed by atoms with van der Waals surface area (Å²) in [7, 11) is 0. The summed E-state index contributed by atoms with van der Waals surface area (Å²) in [5.74, 6) is -1.10. The number of carbonyl (C=O) groups is 2. The summed E-state index contributed by atoms with van der Waals surface area (Å²) in [5.41, 5.74) is 3.33. The molecule has 0 N–H and O–H groups in total. The summed E-state index contributed by atoms with van der Waals surface area (Å²) in [4.78, 5) is 26.1. The van der Waals surface area contributed by atoms with Crippen LogP contribution in [0, 0.1) is 6.92 Å². The summed E-state index contributed by atoms with van der Waals surface area (Å²) in [6.45, 7) is 11.1. The predicted octanol–water partition coefficient (Wildman–Crippen LogP) is 5.03. The average Bonchev–Trinajstić information content (AvgIpc) is 2.60. The Morgan fingerprint density at radius 2 is 1.37 bits per heavy atom. The number of carbonyl (C=O) groups excluding carboxylic acids is 2. The minimum Gasteiger partial charge on any atom is -0.354 e. The number of aryl methyl sites for hydroxylation is 2. The first-order valence-electron chi connectivity index (χ1n) is 9.55. The number of hydrogen-bond acceptors (Lipinski definition) is 3. The quantitative estimate of drug-likeness (QED) is 0.717. The van der Waals surface area contributed by atoms with Crippen LogP contribution in [0.2, 0.25) is 0 Å². The topological polar surface area (TPSA) is 43.4 Å². The fourth-order valence-electron chi connectivity index (χ4n) is 3.95. The number of ketones is 2. The molecular formula is C24H28O3. The molecule has 3 rings (SSSR count). The van der Waals surface area contributed by atoms with Gasteiger partial charge in [0.15, 0.2) is 11.6 Å². The molecular weight excluding hydrogens is 336 g/mol. The lowest BCUT2D eigenvalue weighted by molar-refractivity contribution is -0.184. The number of benzene rings is 2. The predicted molar refractivity (Wildman–Crippen MR) is 108 cm³/mol. The lowest BCUT2D eigenvalue weighted by Crippen LogP contribution is -2.58. The van der Waals surface area contributed by atoms with Crippen LogP contribution < -0.4 is 0 Å². The molecule has 1 aliphatic heterocycles. The Labute approximate surface area is 161 Å². The molecule has 2 aromatic rings. The van der Waals surface area contributed by atoms with Crippen LogP contribution in [0.15, 0.2) is 42.5 Å². The lowest BCUT2D eigenvalue weighted by Gasteiger charge is -2.43. The average molecular weight is 364 g/mol. The first-order chi connectivity index (χ1) is 12.6. The van der Waals surface area contributed by atoms with Crippen molar-refractivity contribution < 1.29 is 14.3 Å². The molecule has 0 atom stereocenters. The van der Waals surface area contributed by atoms with Gasteiger partial charge >= 0.3 is 0 Å². The number of rotatable bonds is 3. The highest BCUT2D eigenvalue weighted by Crippen LogP contribution is 2.40. The van der Waals surface area contributed by atoms with Gasteiger partial charge in [0.2, 0.25) is 0 Å². The number of Topliss-reactive ketones (excluding diaryl/α,β-unsaturated/α-hetero) is 2. The Balaban J connectivity index is 2.09. The van der Waals surface area contributed by atoms with Crippen LogP contribution in [0.1, 0.15) is 57.2 Å². The second kappa shape index (κ2) is 6.72.